The van der Waals surface area contributed by atoms with E-state index in [0.29, 0.717) is 13.2 Å². The number of hydrogen-bond acceptors (Lipinski definition) is 4. The molecule has 25 heavy (non-hydrogen) atoms. The van der Waals surface area contributed by atoms with Gasteiger partial charge in [-0.2, -0.15) is 0 Å². The quantitative estimate of drug-likeness (QED) is 0.811. The van der Waals surface area contributed by atoms with E-state index >= 15 is 0 Å². The van der Waals surface area contributed by atoms with E-state index in [1.54, 1.807) is 6.20 Å². The van der Waals surface area contributed by atoms with Crippen molar-refractivity contribution in [2.45, 2.75) is 26.4 Å². The van der Waals surface area contributed by atoms with Crippen LogP contribution in [-0.4, -0.2) is 31.7 Å². The molecule has 1 atom stereocenters. The summed E-state index contributed by atoms with van der Waals surface area (Å²) < 4.78 is 5.49. The number of pyridine rings is 1. The van der Waals surface area contributed by atoms with E-state index in [9.17, 15) is 4.79 Å². The van der Waals surface area contributed by atoms with Crippen molar-refractivity contribution in [2.24, 2.45) is 0 Å². The van der Waals surface area contributed by atoms with Crippen molar-refractivity contribution in [1.82, 2.24) is 15.6 Å². The molecule has 0 aliphatic heterocycles. The van der Waals surface area contributed by atoms with E-state index in [2.05, 4.69) is 15.6 Å². The van der Waals surface area contributed by atoms with Crippen molar-refractivity contribution in [1.29, 1.82) is 0 Å². The summed E-state index contributed by atoms with van der Waals surface area (Å²) in [6.45, 7) is 4.93. The fourth-order valence-corrected chi connectivity index (χ4v) is 2.34. The first-order chi connectivity index (χ1) is 12.0. The molecule has 6 nitrogen and oxygen atoms in total. The molecule has 0 radical (unpaired) electrons. The van der Waals surface area contributed by atoms with Crippen molar-refractivity contribution in [3.05, 3.63) is 53.7 Å². The molecule has 1 unspecified atom stereocenters. The first kappa shape index (κ1) is 18.6. The SMILES string of the molecule is CCOc1cccc(C(C)NC(=O)NCc2ccc(N(C)C)nc2)c1. The number of rotatable bonds is 7. The van der Waals surface area contributed by atoms with Gasteiger partial charge in [-0.25, -0.2) is 9.78 Å². The molecule has 0 saturated carbocycles. The maximum atomic E-state index is 12.1. The van der Waals surface area contributed by atoms with Crippen LogP contribution in [0.25, 0.3) is 0 Å². The molecule has 0 aliphatic carbocycles. The summed E-state index contributed by atoms with van der Waals surface area (Å²) in [4.78, 5) is 18.4. The number of aromatic nitrogens is 1. The number of carbonyl (C=O) groups is 1. The third-order valence-electron chi connectivity index (χ3n) is 3.74. The zero-order valence-electron chi connectivity index (χ0n) is 15.2. The van der Waals surface area contributed by atoms with Gasteiger partial charge in [-0.3, -0.25) is 0 Å². The molecule has 2 rings (SSSR count). The Morgan fingerprint density at radius 2 is 2.08 bits per heavy atom. The van der Waals surface area contributed by atoms with E-state index in [0.717, 1.165) is 22.7 Å². The molecular weight excluding hydrogens is 316 g/mol. The van der Waals surface area contributed by atoms with Crippen molar-refractivity contribution in [3.8, 4) is 5.75 Å². The normalized spacial score (nSPS) is 11.5. The van der Waals surface area contributed by atoms with Crippen LogP contribution in [-0.2, 0) is 6.54 Å². The number of amides is 2. The van der Waals surface area contributed by atoms with E-state index < -0.39 is 0 Å². The Morgan fingerprint density at radius 3 is 2.72 bits per heavy atom. The van der Waals surface area contributed by atoms with Crippen molar-refractivity contribution < 1.29 is 9.53 Å². The van der Waals surface area contributed by atoms with Crippen molar-refractivity contribution in [3.63, 3.8) is 0 Å². The van der Waals surface area contributed by atoms with Crippen LogP contribution in [0.5, 0.6) is 5.75 Å². The lowest BCUT2D eigenvalue weighted by atomic mass is 10.1. The largest absolute Gasteiger partial charge is 0.494 e. The number of nitrogens with zero attached hydrogens (tertiary/aromatic N) is 2. The van der Waals surface area contributed by atoms with Gasteiger partial charge < -0.3 is 20.3 Å². The molecule has 0 saturated heterocycles. The van der Waals surface area contributed by atoms with Crippen LogP contribution < -0.4 is 20.3 Å². The second-order valence-electron chi connectivity index (χ2n) is 5.97. The van der Waals surface area contributed by atoms with E-state index in [-0.39, 0.29) is 12.1 Å². The number of urea groups is 1. The minimum atomic E-state index is -0.217. The average molecular weight is 342 g/mol. The standard InChI is InChI=1S/C19H26N4O2/c1-5-25-17-8-6-7-16(11-17)14(2)22-19(24)21-13-15-9-10-18(20-12-15)23(3)4/h6-12,14H,5,13H2,1-4H3,(H2,21,22,24). The lowest BCUT2D eigenvalue weighted by Crippen LogP contribution is -2.36. The fourth-order valence-electron chi connectivity index (χ4n) is 2.34. The predicted octanol–water partition coefficient (Wildman–Crippen LogP) is 3.11. The lowest BCUT2D eigenvalue weighted by Gasteiger charge is -2.16. The smallest absolute Gasteiger partial charge is 0.315 e. The van der Waals surface area contributed by atoms with Crippen LogP contribution >= 0.6 is 0 Å². The van der Waals surface area contributed by atoms with Gasteiger partial charge in [0.1, 0.15) is 11.6 Å². The molecule has 2 N–H and O–H groups in total. The van der Waals surface area contributed by atoms with Gasteiger partial charge in [0, 0.05) is 26.8 Å². The highest BCUT2D eigenvalue weighted by Gasteiger charge is 2.10. The van der Waals surface area contributed by atoms with Gasteiger partial charge in [0.2, 0.25) is 0 Å². The maximum absolute atomic E-state index is 12.1. The lowest BCUT2D eigenvalue weighted by molar-refractivity contribution is 0.237. The second-order valence-corrected chi connectivity index (χ2v) is 5.97. The predicted molar refractivity (Wildman–Crippen MR) is 100.0 cm³/mol. The Morgan fingerprint density at radius 1 is 1.28 bits per heavy atom. The number of anilines is 1. The van der Waals surface area contributed by atoms with Crippen molar-refractivity contribution in [2.75, 3.05) is 25.6 Å². The highest BCUT2D eigenvalue weighted by atomic mass is 16.5. The van der Waals surface area contributed by atoms with Gasteiger partial charge in [-0.05, 0) is 43.2 Å². The van der Waals surface area contributed by atoms with Crippen LogP contribution in [0.1, 0.15) is 31.0 Å². The second kappa shape index (κ2) is 8.92. The molecule has 2 amide bonds. The third-order valence-corrected chi connectivity index (χ3v) is 3.74. The monoisotopic (exact) mass is 342 g/mol. The Bertz CT molecular complexity index is 686. The van der Waals surface area contributed by atoms with E-state index in [1.165, 1.54) is 0 Å². The molecule has 0 spiro atoms. The molecule has 0 bridgehead atoms. The molecular formula is C19H26N4O2. The average Bonchev–Trinajstić information content (AvgIpc) is 2.61. The first-order valence-corrected chi connectivity index (χ1v) is 8.39. The number of nitrogens with one attached hydrogen (secondary N) is 2. The highest BCUT2D eigenvalue weighted by molar-refractivity contribution is 5.74. The van der Waals surface area contributed by atoms with Gasteiger partial charge in [-0.1, -0.05) is 18.2 Å². The summed E-state index contributed by atoms with van der Waals surface area (Å²) >= 11 is 0. The van der Waals surface area contributed by atoms with E-state index in [1.807, 2.05) is 69.2 Å². The maximum Gasteiger partial charge on any atom is 0.315 e. The number of benzene rings is 1. The highest BCUT2D eigenvalue weighted by Crippen LogP contribution is 2.19. The minimum Gasteiger partial charge on any atom is -0.494 e. The summed E-state index contributed by atoms with van der Waals surface area (Å²) in [5.74, 6) is 1.69. The minimum absolute atomic E-state index is 0.116. The van der Waals surface area contributed by atoms with Gasteiger partial charge in [0.25, 0.3) is 0 Å². The van der Waals surface area contributed by atoms with Crippen LogP contribution in [0.4, 0.5) is 10.6 Å². The third kappa shape index (κ3) is 5.67. The van der Waals surface area contributed by atoms with Crippen LogP contribution in [0, 0.1) is 0 Å². The van der Waals surface area contributed by atoms with Gasteiger partial charge in [0.05, 0.1) is 12.6 Å². The van der Waals surface area contributed by atoms with Gasteiger partial charge in [-0.15, -0.1) is 0 Å². The Labute approximate surface area is 149 Å². The summed E-state index contributed by atoms with van der Waals surface area (Å²) in [7, 11) is 3.88. The first-order valence-electron chi connectivity index (χ1n) is 8.39. The number of carbonyl (C=O) groups excluding carboxylic acids is 1. The van der Waals surface area contributed by atoms with Gasteiger partial charge >= 0.3 is 6.03 Å². The van der Waals surface area contributed by atoms with Gasteiger partial charge in [0.15, 0.2) is 0 Å². The molecule has 134 valence electrons. The van der Waals surface area contributed by atoms with Crippen molar-refractivity contribution >= 4 is 11.8 Å². The molecule has 1 aromatic carbocycles. The number of ether oxygens (including phenoxy) is 1. The summed E-state index contributed by atoms with van der Waals surface area (Å²) in [5, 5.41) is 5.78. The molecule has 2 aromatic rings. The molecule has 1 heterocycles. The van der Waals surface area contributed by atoms with Crippen LogP contribution in [0.3, 0.4) is 0 Å². The van der Waals surface area contributed by atoms with Crippen LogP contribution in [0.2, 0.25) is 0 Å². The molecule has 6 heteroatoms. The van der Waals surface area contributed by atoms with Crippen LogP contribution in [0.15, 0.2) is 42.6 Å². The van der Waals surface area contributed by atoms with E-state index in [4.69, 9.17) is 4.74 Å². The Balaban J connectivity index is 1.86. The zero-order valence-corrected chi connectivity index (χ0v) is 15.2. The fraction of sp³-hybridized carbons (Fsp3) is 0.368. The summed E-state index contributed by atoms with van der Waals surface area (Å²) in [6.07, 6.45) is 1.77. The zero-order chi connectivity index (χ0) is 18.2. The molecule has 0 fully saturated rings. The molecule has 0 aliphatic rings. The summed E-state index contributed by atoms with van der Waals surface area (Å²) in [5.41, 5.74) is 1.95. The number of hydrogen-bond donors (Lipinski definition) is 2. The summed E-state index contributed by atoms with van der Waals surface area (Å²) in [6, 6.07) is 11.3. The Kier molecular flexibility index (Phi) is 6.62. The Hall–Kier alpha value is -2.76. The topological polar surface area (TPSA) is 66.5 Å². The molecule has 1 aromatic heterocycles.